The number of carbonyl (C=O) groups is 1. The van der Waals surface area contributed by atoms with Crippen molar-refractivity contribution in [1.29, 1.82) is 0 Å². The van der Waals surface area contributed by atoms with E-state index in [9.17, 15) is 4.79 Å². The van der Waals surface area contributed by atoms with Crippen LogP contribution in [0.2, 0.25) is 0 Å². The van der Waals surface area contributed by atoms with E-state index in [1.807, 2.05) is 31.2 Å². The minimum Gasteiger partial charge on any atom is -0.360 e. The van der Waals surface area contributed by atoms with Gasteiger partial charge in [0.25, 0.3) is 0 Å². The third-order valence-electron chi connectivity index (χ3n) is 3.14. The van der Waals surface area contributed by atoms with Crippen molar-refractivity contribution in [3.8, 4) is 0 Å². The Morgan fingerprint density at radius 2 is 2.05 bits per heavy atom. The first-order valence-corrected chi connectivity index (χ1v) is 6.88. The summed E-state index contributed by atoms with van der Waals surface area (Å²) in [5.74, 6) is 0.987. The van der Waals surface area contributed by atoms with Gasteiger partial charge in [-0.25, -0.2) is 15.0 Å². The summed E-state index contributed by atoms with van der Waals surface area (Å²) in [5, 5.41) is 6.66. The number of carbonyl (C=O) groups excluding carboxylic acids is 1. The molecule has 0 aliphatic heterocycles. The van der Waals surface area contributed by atoms with Crippen molar-refractivity contribution in [2.45, 2.75) is 6.92 Å². The Morgan fingerprint density at radius 1 is 1.14 bits per heavy atom. The van der Waals surface area contributed by atoms with E-state index in [1.165, 1.54) is 6.33 Å². The fraction of sp³-hybridized carbons (Fsp3) is 0.125. The third kappa shape index (κ3) is 3.17. The van der Waals surface area contributed by atoms with Gasteiger partial charge in [-0.3, -0.25) is 4.79 Å². The summed E-state index contributed by atoms with van der Waals surface area (Å²) in [6.07, 6.45) is 3.11. The van der Waals surface area contributed by atoms with Gasteiger partial charge < -0.3 is 10.6 Å². The van der Waals surface area contributed by atoms with Crippen molar-refractivity contribution in [3.63, 3.8) is 0 Å². The molecule has 0 atom stereocenters. The van der Waals surface area contributed by atoms with Crippen LogP contribution >= 0.6 is 0 Å². The number of pyridine rings is 1. The maximum atomic E-state index is 11.9. The molecule has 0 spiro atoms. The van der Waals surface area contributed by atoms with Crippen molar-refractivity contribution < 1.29 is 4.79 Å². The Kier molecular flexibility index (Phi) is 3.91. The predicted molar refractivity (Wildman–Crippen MR) is 85.6 cm³/mol. The number of hydrogen-bond donors (Lipinski definition) is 2. The lowest BCUT2D eigenvalue weighted by atomic mass is 10.1. The Labute approximate surface area is 127 Å². The summed E-state index contributed by atoms with van der Waals surface area (Å²) >= 11 is 0. The molecule has 0 bridgehead atoms. The Balaban J connectivity index is 1.71. The van der Waals surface area contributed by atoms with Crippen molar-refractivity contribution in [3.05, 3.63) is 54.5 Å². The standard InChI is InChI=1S/C16H15N5O/c1-11-5-6-13-12(8-11)16(20-10-19-13)18-9-15(22)21-14-4-2-3-7-17-14/h2-8,10H,9H2,1H3,(H,17,21,22)(H,18,19,20). The van der Waals surface area contributed by atoms with Crippen LogP contribution in [0.15, 0.2) is 48.9 Å². The smallest absolute Gasteiger partial charge is 0.244 e. The summed E-state index contributed by atoms with van der Waals surface area (Å²) in [7, 11) is 0. The quantitative estimate of drug-likeness (QED) is 0.772. The summed E-state index contributed by atoms with van der Waals surface area (Å²) in [6.45, 7) is 2.11. The molecule has 110 valence electrons. The monoisotopic (exact) mass is 293 g/mol. The molecular weight excluding hydrogens is 278 g/mol. The SMILES string of the molecule is Cc1ccc2ncnc(NCC(=O)Nc3ccccn3)c2c1. The van der Waals surface area contributed by atoms with Gasteiger partial charge in [-0.05, 0) is 31.2 Å². The maximum absolute atomic E-state index is 11.9. The van der Waals surface area contributed by atoms with Crippen LogP contribution in [0, 0.1) is 6.92 Å². The molecule has 0 saturated carbocycles. The van der Waals surface area contributed by atoms with Gasteiger partial charge in [-0.1, -0.05) is 17.7 Å². The Morgan fingerprint density at radius 3 is 2.86 bits per heavy atom. The molecule has 0 saturated heterocycles. The highest BCUT2D eigenvalue weighted by atomic mass is 16.1. The second kappa shape index (κ2) is 6.17. The lowest BCUT2D eigenvalue weighted by Gasteiger charge is -2.09. The van der Waals surface area contributed by atoms with E-state index in [2.05, 4.69) is 25.6 Å². The number of fused-ring (bicyclic) bond motifs is 1. The van der Waals surface area contributed by atoms with Crippen molar-refractivity contribution in [1.82, 2.24) is 15.0 Å². The number of rotatable bonds is 4. The Hall–Kier alpha value is -3.02. The number of aryl methyl sites for hydroxylation is 1. The van der Waals surface area contributed by atoms with Gasteiger partial charge >= 0.3 is 0 Å². The second-order valence-corrected chi connectivity index (χ2v) is 4.86. The molecule has 0 unspecified atom stereocenters. The normalized spacial score (nSPS) is 10.4. The zero-order valence-corrected chi connectivity index (χ0v) is 12.1. The van der Waals surface area contributed by atoms with Gasteiger partial charge in [0, 0.05) is 11.6 Å². The summed E-state index contributed by atoms with van der Waals surface area (Å²) in [6, 6.07) is 11.3. The first-order valence-electron chi connectivity index (χ1n) is 6.88. The molecule has 0 aliphatic rings. The van der Waals surface area contributed by atoms with Crippen LogP contribution < -0.4 is 10.6 Å². The van der Waals surface area contributed by atoms with E-state index >= 15 is 0 Å². The molecule has 2 heterocycles. The van der Waals surface area contributed by atoms with E-state index in [4.69, 9.17) is 0 Å². The summed E-state index contributed by atoms with van der Waals surface area (Å²) in [5.41, 5.74) is 1.96. The zero-order valence-electron chi connectivity index (χ0n) is 12.1. The average Bonchev–Trinajstić information content (AvgIpc) is 2.54. The second-order valence-electron chi connectivity index (χ2n) is 4.86. The molecule has 1 amide bonds. The Bertz CT molecular complexity index is 804. The third-order valence-corrected chi connectivity index (χ3v) is 3.14. The minimum absolute atomic E-state index is 0.108. The fourth-order valence-electron chi connectivity index (χ4n) is 2.10. The number of amides is 1. The van der Waals surface area contributed by atoms with Crippen LogP contribution in [-0.2, 0) is 4.79 Å². The molecule has 2 N–H and O–H groups in total. The lowest BCUT2D eigenvalue weighted by molar-refractivity contribution is -0.114. The van der Waals surface area contributed by atoms with Gasteiger partial charge in [0.05, 0.1) is 12.1 Å². The lowest BCUT2D eigenvalue weighted by Crippen LogP contribution is -2.22. The molecule has 3 aromatic rings. The van der Waals surface area contributed by atoms with Crippen LogP contribution in [0.25, 0.3) is 10.9 Å². The molecule has 0 fully saturated rings. The highest BCUT2D eigenvalue weighted by Crippen LogP contribution is 2.20. The molecular formula is C16H15N5O. The molecule has 6 nitrogen and oxygen atoms in total. The number of nitrogens with zero attached hydrogens (tertiary/aromatic N) is 3. The van der Waals surface area contributed by atoms with Crippen LogP contribution in [0.4, 0.5) is 11.6 Å². The molecule has 0 aliphatic carbocycles. The van der Waals surface area contributed by atoms with E-state index in [1.54, 1.807) is 18.3 Å². The van der Waals surface area contributed by atoms with E-state index in [-0.39, 0.29) is 12.5 Å². The molecule has 22 heavy (non-hydrogen) atoms. The van der Waals surface area contributed by atoms with Gasteiger partial charge in [0.15, 0.2) is 0 Å². The number of anilines is 2. The first kappa shape index (κ1) is 13.9. The number of hydrogen-bond acceptors (Lipinski definition) is 5. The minimum atomic E-state index is -0.182. The zero-order chi connectivity index (χ0) is 15.4. The largest absolute Gasteiger partial charge is 0.360 e. The number of aromatic nitrogens is 3. The van der Waals surface area contributed by atoms with Crippen LogP contribution in [0.3, 0.4) is 0 Å². The van der Waals surface area contributed by atoms with E-state index in [0.29, 0.717) is 11.6 Å². The number of benzene rings is 1. The van der Waals surface area contributed by atoms with Gasteiger partial charge in [0.1, 0.15) is 18.0 Å². The highest BCUT2D eigenvalue weighted by Gasteiger charge is 2.07. The van der Waals surface area contributed by atoms with Crippen LogP contribution in [-0.4, -0.2) is 27.4 Å². The molecule has 2 aromatic heterocycles. The molecule has 0 radical (unpaired) electrons. The summed E-state index contributed by atoms with van der Waals surface area (Å²) in [4.78, 5) is 24.4. The van der Waals surface area contributed by atoms with Crippen molar-refractivity contribution >= 4 is 28.4 Å². The van der Waals surface area contributed by atoms with Crippen LogP contribution in [0.5, 0.6) is 0 Å². The number of nitrogens with one attached hydrogen (secondary N) is 2. The predicted octanol–water partition coefficient (Wildman–Crippen LogP) is 2.38. The topological polar surface area (TPSA) is 79.8 Å². The van der Waals surface area contributed by atoms with Gasteiger partial charge in [-0.2, -0.15) is 0 Å². The summed E-state index contributed by atoms with van der Waals surface area (Å²) < 4.78 is 0. The van der Waals surface area contributed by atoms with Gasteiger partial charge in [0.2, 0.25) is 5.91 Å². The van der Waals surface area contributed by atoms with E-state index in [0.717, 1.165) is 16.5 Å². The van der Waals surface area contributed by atoms with Gasteiger partial charge in [-0.15, -0.1) is 0 Å². The van der Waals surface area contributed by atoms with Crippen molar-refractivity contribution in [2.75, 3.05) is 17.2 Å². The first-order chi connectivity index (χ1) is 10.7. The maximum Gasteiger partial charge on any atom is 0.244 e. The highest BCUT2D eigenvalue weighted by molar-refractivity contribution is 5.95. The fourth-order valence-corrected chi connectivity index (χ4v) is 2.10. The average molecular weight is 293 g/mol. The van der Waals surface area contributed by atoms with Crippen molar-refractivity contribution in [2.24, 2.45) is 0 Å². The molecule has 3 rings (SSSR count). The molecule has 6 heteroatoms. The van der Waals surface area contributed by atoms with E-state index < -0.39 is 0 Å². The molecule has 1 aromatic carbocycles. The van der Waals surface area contributed by atoms with Crippen LogP contribution in [0.1, 0.15) is 5.56 Å².